The Morgan fingerprint density at radius 1 is 1.11 bits per heavy atom. The Kier molecular flexibility index (Phi) is 6.08. The van der Waals surface area contributed by atoms with E-state index in [1.165, 1.54) is 5.56 Å². The maximum atomic E-state index is 12.9. The summed E-state index contributed by atoms with van der Waals surface area (Å²) in [6, 6.07) is 17.4. The first-order chi connectivity index (χ1) is 12.9. The number of halogens is 1. The molecule has 0 radical (unpaired) electrons. The summed E-state index contributed by atoms with van der Waals surface area (Å²) in [5, 5.41) is 3.75. The lowest BCUT2D eigenvalue weighted by atomic mass is 9.74. The van der Waals surface area contributed by atoms with E-state index in [2.05, 4.69) is 17.4 Å². The van der Waals surface area contributed by atoms with Crippen LogP contribution >= 0.6 is 11.6 Å². The number of rotatable bonds is 6. The summed E-state index contributed by atoms with van der Waals surface area (Å²) in [6.07, 6.45) is 1.77. The quantitative estimate of drug-likeness (QED) is 0.801. The summed E-state index contributed by atoms with van der Waals surface area (Å²) in [7, 11) is 0. The number of hydrogen-bond donors (Lipinski definition) is 1. The van der Waals surface area contributed by atoms with Crippen molar-refractivity contribution >= 4 is 17.5 Å². The normalized spacial score (nSPS) is 16.6. The van der Waals surface area contributed by atoms with Gasteiger partial charge in [0.1, 0.15) is 5.75 Å². The zero-order chi connectivity index (χ0) is 19.3. The summed E-state index contributed by atoms with van der Waals surface area (Å²) in [5.74, 6) is 0.475. The molecule has 27 heavy (non-hydrogen) atoms. The topological polar surface area (TPSA) is 47.6 Å². The molecule has 1 N–H and O–H groups in total. The van der Waals surface area contributed by atoms with Crippen LogP contribution in [0.4, 0.5) is 0 Å². The minimum atomic E-state index is -0.989. The SMILES string of the molecule is CC(C)(Oc1ccc(Cl)cc1)C(=O)NCC1(c2ccccc2)CCOCC1. The molecule has 0 atom stereocenters. The highest BCUT2D eigenvalue weighted by atomic mass is 35.5. The molecule has 1 saturated heterocycles. The first kappa shape index (κ1) is 19.7. The Bertz CT molecular complexity index is 753. The zero-order valence-electron chi connectivity index (χ0n) is 15.8. The Balaban J connectivity index is 1.69. The molecule has 144 valence electrons. The van der Waals surface area contributed by atoms with E-state index in [0.29, 0.717) is 30.5 Å². The molecule has 0 aromatic heterocycles. The molecule has 0 spiro atoms. The Labute approximate surface area is 165 Å². The van der Waals surface area contributed by atoms with Gasteiger partial charge in [-0.05, 0) is 56.5 Å². The predicted octanol–water partition coefficient (Wildman–Crippen LogP) is 4.36. The molecule has 1 aliphatic rings. The summed E-state index contributed by atoms with van der Waals surface area (Å²) in [5.41, 5.74) is 0.146. The van der Waals surface area contributed by atoms with Gasteiger partial charge in [0.15, 0.2) is 5.60 Å². The van der Waals surface area contributed by atoms with Crippen LogP contribution in [0.15, 0.2) is 54.6 Å². The van der Waals surface area contributed by atoms with Crippen LogP contribution in [0.1, 0.15) is 32.3 Å². The van der Waals surface area contributed by atoms with Gasteiger partial charge in [-0.25, -0.2) is 0 Å². The van der Waals surface area contributed by atoms with Crippen LogP contribution in [0.5, 0.6) is 5.75 Å². The van der Waals surface area contributed by atoms with Gasteiger partial charge in [0.2, 0.25) is 0 Å². The standard InChI is InChI=1S/C22H26ClNO3/c1-21(2,27-19-10-8-18(23)9-11-19)20(25)24-16-22(12-14-26-15-13-22)17-6-4-3-5-7-17/h3-11H,12-16H2,1-2H3,(H,24,25). The smallest absolute Gasteiger partial charge is 0.263 e. The van der Waals surface area contributed by atoms with Gasteiger partial charge in [0.25, 0.3) is 5.91 Å². The van der Waals surface area contributed by atoms with E-state index in [1.807, 2.05) is 18.2 Å². The van der Waals surface area contributed by atoms with Gasteiger partial charge in [-0.2, -0.15) is 0 Å². The van der Waals surface area contributed by atoms with Gasteiger partial charge in [0, 0.05) is 30.2 Å². The summed E-state index contributed by atoms with van der Waals surface area (Å²) < 4.78 is 11.5. The van der Waals surface area contributed by atoms with Crippen molar-refractivity contribution in [3.8, 4) is 5.75 Å². The van der Waals surface area contributed by atoms with Crippen LogP contribution in [-0.4, -0.2) is 31.3 Å². The van der Waals surface area contributed by atoms with Crippen LogP contribution in [0.2, 0.25) is 5.02 Å². The first-order valence-electron chi connectivity index (χ1n) is 9.27. The monoisotopic (exact) mass is 387 g/mol. The van der Waals surface area contributed by atoms with E-state index >= 15 is 0 Å². The number of carbonyl (C=O) groups is 1. The first-order valence-corrected chi connectivity index (χ1v) is 9.65. The fourth-order valence-electron chi connectivity index (χ4n) is 3.43. The van der Waals surface area contributed by atoms with Crippen LogP contribution in [0.25, 0.3) is 0 Å². The highest BCUT2D eigenvalue weighted by molar-refractivity contribution is 6.30. The van der Waals surface area contributed by atoms with Gasteiger partial charge >= 0.3 is 0 Å². The van der Waals surface area contributed by atoms with E-state index in [9.17, 15) is 4.79 Å². The predicted molar refractivity (Wildman–Crippen MR) is 107 cm³/mol. The number of nitrogens with one attached hydrogen (secondary N) is 1. The van der Waals surface area contributed by atoms with Crippen LogP contribution in [0.3, 0.4) is 0 Å². The molecule has 0 saturated carbocycles. The third kappa shape index (κ3) is 4.82. The van der Waals surface area contributed by atoms with Gasteiger partial charge in [-0.15, -0.1) is 0 Å². The highest BCUT2D eigenvalue weighted by Crippen LogP contribution is 2.34. The molecule has 0 bridgehead atoms. The van der Waals surface area contributed by atoms with Crippen molar-refractivity contribution in [1.29, 1.82) is 0 Å². The Morgan fingerprint density at radius 3 is 2.37 bits per heavy atom. The zero-order valence-corrected chi connectivity index (χ0v) is 16.6. The fraction of sp³-hybridized carbons (Fsp3) is 0.409. The lowest BCUT2D eigenvalue weighted by molar-refractivity contribution is -0.134. The number of ether oxygens (including phenoxy) is 2. The molecule has 1 fully saturated rings. The third-order valence-electron chi connectivity index (χ3n) is 5.16. The fourth-order valence-corrected chi connectivity index (χ4v) is 3.55. The van der Waals surface area contributed by atoms with Crippen LogP contribution < -0.4 is 10.1 Å². The van der Waals surface area contributed by atoms with E-state index in [-0.39, 0.29) is 11.3 Å². The summed E-state index contributed by atoms with van der Waals surface area (Å²) in [6.45, 7) is 5.52. The number of hydrogen-bond acceptors (Lipinski definition) is 3. The average molecular weight is 388 g/mol. The average Bonchev–Trinajstić information content (AvgIpc) is 2.69. The molecule has 5 heteroatoms. The second-order valence-electron chi connectivity index (χ2n) is 7.51. The maximum Gasteiger partial charge on any atom is 0.263 e. The van der Waals surface area contributed by atoms with Crippen molar-refractivity contribution < 1.29 is 14.3 Å². The molecule has 2 aromatic carbocycles. The molecule has 2 aromatic rings. The molecular formula is C22H26ClNO3. The van der Waals surface area contributed by atoms with Crippen LogP contribution in [0, 0.1) is 0 Å². The molecule has 1 amide bonds. The van der Waals surface area contributed by atoms with Crippen molar-refractivity contribution in [3.63, 3.8) is 0 Å². The van der Waals surface area contributed by atoms with Crippen molar-refractivity contribution in [2.75, 3.05) is 19.8 Å². The Morgan fingerprint density at radius 2 is 1.74 bits per heavy atom. The van der Waals surface area contributed by atoms with Crippen LogP contribution in [-0.2, 0) is 14.9 Å². The van der Waals surface area contributed by atoms with Gasteiger partial charge in [-0.1, -0.05) is 41.9 Å². The molecule has 4 nitrogen and oxygen atoms in total. The van der Waals surface area contributed by atoms with Crippen molar-refractivity contribution in [1.82, 2.24) is 5.32 Å². The molecule has 3 rings (SSSR count). The van der Waals surface area contributed by atoms with Crippen molar-refractivity contribution in [2.45, 2.75) is 37.7 Å². The number of amides is 1. The maximum absolute atomic E-state index is 12.9. The van der Waals surface area contributed by atoms with Gasteiger partial charge in [0.05, 0.1) is 0 Å². The van der Waals surface area contributed by atoms with Crippen molar-refractivity contribution in [3.05, 3.63) is 65.2 Å². The molecular weight excluding hydrogens is 362 g/mol. The molecule has 0 aliphatic carbocycles. The summed E-state index contributed by atoms with van der Waals surface area (Å²) >= 11 is 5.91. The Hall–Kier alpha value is -2.04. The van der Waals surface area contributed by atoms with E-state index in [0.717, 1.165) is 12.8 Å². The minimum Gasteiger partial charge on any atom is -0.478 e. The minimum absolute atomic E-state index is 0.106. The number of benzene rings is 2. The van der Waals surface area contributed by atoms with Crippen molar-refractivity contribution in [2.24, 2.45) is 0 Å². The van der Waals surface area contributed by atoms with E-state index in [4.69, 9.17) is 21.1 Å². The van der Waals surface area contributed by atoms with Gasteiger partial charge in [-0.3, -0.25) is 4.79 Å². The van der Waals surface area contributed by atoms with Gasteiger partial charge < -0.3 is 14.8 Å². The largest absolute Gasteiger partial charge is 0.478 e. The number of carbonyl (C=O) groups excluding carboxylic acids is 1. The second kappa shape index (κ2) is 8.32. The lowest BCUT2D eigenvalue weighted by Gasteiger charge is -2.38. The highest BCUT2D eigenvalue weighted by Gasteiger charge is 2.37. The summed E-state index contributed by atoms with van der Waals surface area (Å²) in [4.78, 5) is 12.9. The molecule has 1 aliphatic heterocycles. The second-order valence-corrected chi connectivity index (χ2v) is 7.94. The third-order valence-corrected chi connectivity index (χ3v) is 5.41. The molecule has 1 heterocycles. The molecule has 0 unspecified atom stereocenters. The van der Waals surface area contributed by atoms with E-state index in [1.54, 1.807) is 38.1 Å². The van der Waals surface area contributed by atoms with E-state index < -0.39 is 5.60 Å². The lowest BCUT2D eigenvalue weighted by Crippen LogP contribution is -2.52.